The molecule has 1 aliphatic rings. The van der Waals surface area contributed by atoms with Crippen LogP contribution in [0, 0.1) is 12.8 Å². The van der Waals surface area contributed by atoms with E-state index in [2.05, 4.69) is 10.5 Å². The normalized spacial score (nSPS) is 14.2. The first-order valence-electron chi connectivity index (χ1n) is 10.1. The van der Waals surface area contributed by atoms with Crippen LogP contribution in [0.15, 0.2) is 53.1 Å². The molecule has 1 amide bonds. The highest BCUT2D eigenvalue weighted by Crippen LogP contribution is 2.38. The zero-order valence-electron chi connectivity index (χ0n) is 17.4. The number of aromatic nitrogens is 1. The summed E-state index contributed by atoms with van der Waals surface area (Å²) in [4.78, 5) is 11.9. The van der Waals surface area contributed by atoms with Crippen molar-refractivity contribution < 1.29 is 30.9 Å². The number of nitrogens with zero attached hydrogens (tertiary/aromatic N) is 1. The molecule has 0 spiro atoms. The van der Waals surface area contributed by atoms with Crippen LogP contribution in [0.2, 0.25) is 0 Å². The van der Waals surface area contributed by atoms with Crippen LogP contribution in [0.3, 0.4) is 0 Å². The highest BCUT2D eigenvalue weighted by Gasteiger charge is 2.36. The van der Waals surface area contributed by atoms with Crippen molar-refractivity contribution in [3.8, 4) is 11.3 Å². The molecule has 0 saturated heterocycles. The lowest BCUT2D eigenvalue weighted by Gasteiger charge is -2.16. The molecular formula is C22H20F3N3O4S. The lowest BCUT2D eigenvalue weighted by atomic mass is 10.1. The van der Waals surface area contributed by atoms with E-state index in [0.29, 0.717) is 30.2 Å². The molecule has 1 heterocycles. The van der Waals surface area contributed by atoms with Gasteiger partial charge in [-0.2, -0.15) is 13.2 Å². The number of hydrogen-bond donors (Lipinski definition) is 2. The van der Waals surface area contributed by atoms with E-state index >= 15 is 0 Å². The molecule has 1 fully saturated rings. The average molecular weight is 479 g/mol. The van der Waals surface area contributed by atoms with Crippen LogP contribution in [-0.2, 0) is 26.7 Å². The number of sulfonamides is 1. The van der Waals surface area contributed by atoms with Crippen molar-refractivity contribution in [2.45, 2.75) is 31.7 Å². The van der Waals surface area contributed by atoms with E-state index in [0.717, 1.165) is 11.6 Å². The van der Waals surface area contributed by atoms with Gasteiger partial charge in [0.15, 0.2) is 5.76 Å². The van der Waals surface area contributed by atoms with Gasteiger partial charge in [-0.05, 0) is 38.0 Å². The topological polar surface area (TPSA) is 101 Å². The predicted molar refractivity (Wildman–Crippen MR) is 116 cm³/mol. The first-order valence-corrected chi connectivity index (χ1v) is 11.7. The Bertz CT molecular complexity index is 1280. The van der Waals surface area contributed by atoms with Crippen molar-refractivity contribution in [1.82, 2.24) is 5.16 Å². The van der Waals surface area contributed by atoms with Gasteiger partial charge in [0.2, 0.25) is 15.9 Å². The third-order valence-electron chi connectivity index (χ3n) is 5.04. The van der Waals surface area contributed by atoms with Gasteiger partial charge in [0.1, 0.15) is 11.4 Å². The molecule has 11 heteroatoms. The zero-order chi connectivity index (χ0) is 23.8. The Hall–Kier alpha value is -3.34. The van der Waals surface area contributed by atoms with Gasteiger partial charge >= 0.3 is 6.18 Å². The summed E-state index contributed by atoms with van der Waals surface area (Å²) in [6.45, 7) is 1.92. The molecule has 1 saturated carbocycles. The van der Waals surface area contributed by atoms with Crippen molar-refractivity contribution in [1.29, 1.82) is 0 Å². The fourth-order valence-corrected chi connectivity index (χ4v) is 4.26. The monoisotopic (exact) mass is 479 g/mol. The van der Waals surface area contributed by atoms with E-state index < -0.39 is 33.2 Å². The smallest absolute Gasteiger partial charge is 0.360 e. The number of alkyl halides is 3. The lowest BCUT2D eigenvalue weighted by molar-refractivity contribution is -0.136. The first-order chi connectivity index (χ1) is 15.5. The maximum absolute atomic E-state index is 13.6. The van der Waals surface area contributed by atoms with Gasteiger partial charge in [-0.25, -0.2) is 8.42 Å². The minimum Gasteiger partial charge on any atom is -0.360 e. The molecular weight excluding hydrogens is 459 g/mol. The standard InChI is InChI=1S/C22H20F3N3O4S/c1-13-2-4-14(5-3-13)20-11-17(32-27-20)12-33(30,31)28-19-9-8-16(10-18(19)22(23,24)25)26-21(29)15-6-7-15/h2-5,8-11,15,28H,6-7,12H2,1H3,(H,26,29). The third kappa shape index (κ3) is 5.72. The maximum Gasteiger partial charge on any atom is 0.418 e. The molecule has 0 unspecified atom stereocenters. The van der Waals surface area contributed by atoms with Crippen LogP contribution in [0.25, 0.3) is 11.3 Å². The van der Waals surface area contributed by atoms with E-state index in [4.69, 9.17) is 4.52 Å². The molecule has 2 N–H and O–H groups in total. The van der Waals surface area contributed by atoms with E-state index in [-0.39, 0.29) is 23.3 Å². The number of amides is 1. The van der Waals surface area contributed by atoms with Crippen molar-refractivity contribution >= 4 is 27.3 Å². The molecule has 3 aromatic rings. The fourth-order valence-electron chi connectivity index (χ4n) is 3.17. The molecule has 0 aliphatic heterocycles. The largest absolute Gasteiger partial charge is 0.418 e. The molecule has 1 aromatic heterocycles. The number of anilines is 2. The van der Waals surface area contributed by atoms with E-state index in [1.165, 1.54) is 12.1 Å². The number of rotatable bonds is 7. The van der Waals surface area contributed by atoms with E-state index in [1.807, 2.05) is 23.8 Å². The highest BCUT2D eigenvalue weighted by atomic mass is 32.2. The van der Waals surface area contributed by atoms with Crippen LogP contribution in [-0.4, -0.2) is 19.5 Å². The number of benzene rings is 2. The summed E-state index contributed by atoms with van der Waals surface area (Å²) in [5, 5.41) is 6.26. The van der Waals surface area contributed by atoms with Crippen molar-refractivity contribution in [3.05, 3.63) is 65.4 Å². The Morgan fingerprint density at radius 1 is 1.12 bits per heavy atom. The number of nitrogens with one attached hydrogen (secondary N) is 2. The van der Waals surface area contributed by atoms with Crippen molar-refractivity contribution in [2.75, 3.05) is 10.0 Å². The highest BCUT2D eigenvalue weighted by molar-refractivity contribution is 7.91. The average Bonchev–Trinajstić information content (AvgIpc) is 3.49. The minimum atomic E-state index is -4.84. The summed E-state index contributed by atoms with van der Waals surface area (Å²) in [6, 6.07) is 11.6. The summed E-state index contributed by atoms with van der Waals surface area (Å²) in [5.41, 5.74) is 0.242. The van der Waals surface area contributed by atoms with Gasteiger partial charge < -0.3 is 9.84 Å². The molecule has 2 aromatic carbocycles. The SMILES string of the molecule is Cc1ccc(-c2cc(CS(=O)(=O)Nc3ccc(NC(=O)C4CC4)cc3C(F)(F)F)on2)cc1. The van der Waals surface area contributed by atoms with Crippen LogP contribution in [0.4, 0.5) is 24.5 Å². The molecule has 33 heavy (non-hydrogen) atoms. The van der Waals surface area contributed by atoms with Gasteiger partial charge in [-0.15, -0.1) is 0 Å². The number of carbonyl (C=O) groups is 1. The Kier molecular flexibility index (Phi) is 5.91. The summed E-state index contributed by atoms with van der Waals surface area (Å²) in [7, 11) is -4.26. The van der Waals surface area contributed by atoms with Gasteiger partial charge in [0, 0.05) is 23.2 Å². The molecule has 0 atom stereocenters. The molecule has 0 bridgehead atoms. The molecule has 1 aliphatic carbocycles. The molecule has 7 nitrogen and oxygen atoms in total. The fraction of sp³-hybridized carbons (Fsp3) is 0.273. The van der Waals surface area contributed by atoms with Crippen LogP contribution < -0.4 is 10.0 Å². The van der Waals surface area contributed by atoms with E-state index in [1.54, 1.807) is 12.1 Å². The molecule has 0 radical (unpaired) electrons. The Balaban J connectivity index is 1.52. The number of aryl methyl sites for hydroxylation is 1. The number of hydrogen-bond acceptors (Lipinski definition) is 5. The van der Waals surface area contributed by atoms with Gasteiger partial charge in [-0.3, -0.25) is 9.52 Å². The summed E-state index contributed by atoms with van der Waals surface area (Å²) in [5.74, 6) is -1.28. The second kappa shape index (κ2) is 8.54. The first kappa shape index (κ1) is 22.8. The molecule has 174 valence electrons. The number of carbonyl (C=O) groups excluding carboxylic acids is 1. The van der Waals surface area contributed by atoms with Crippen LogP contribution in [0.1, 0.15) is 29.7 Å². The van der Waals surface area contributed by atoms with Crippen LogP contribution >= 0.6 is 0 Å². The second-order valence-corrected chi connectivity index (χ2v) is 9.65. The predicted octanol–water partition coefficient (Wildman–Crippen LogP) is 4.96. The minimum absolute atomic E-state index is 0.0278. The Labute approximate surface area is 188 Å². The summed E-state index contributed by atoms with van der Waals surface area (Å²) in [6.07, 6.45) is -3.45. The quantitative estimate of drug-likeness (QED) is 0.499. The van der Waals surface area contributed by atoms with Crippen molar-refractivity contribution in [3.63, 3.8) is 0 Å². The summed E-state index contributed by atoms with van der Waals surface area (Å²) < 4.78 is 72.9. The summed E-state index contributed by atoms with van der Waals surface area (Å²) >= 11 is 0. The number of halogens is 3. The van der Waals surface area contributed by atoms with Crippen molar-refractivity contribution in [2.24, 2.45) is 5.92 Å². The van der Waals surface area contributed by atoms with Gasteiger partial charge in [0.25, 0.3) is 0 Å². The Morgan fingerprint density at radius 2 is 1.82 bits per heavy atom. The second-order valence-electron chi connectivity index (χ2n) is 7.93. The Morgan fingerprint density at radius 3 is 2.45 bits per heavy atom. The molecule has 4 rings (SSSR count). The maximum atomic E-state index is 13.6. The lowest BCUT2D eigenvalue weighted by Crippen LogP contribution is -2.19. The third-order valence-corrected chi connectivity index (χ3v) is 6.24. The van der Waals surface area contributed by atoms with Gasteiger partial charge in [-0.1, -0.05) is 35.0 Å². The van der Waals surface area contributed by atoms with Crippen LogP contribution in [0.5, 0.6) is 0 Å². The zero-order valence-corrected chi connectivity index (χ0v) is 18.3. The van der Waals surface area contributed by atoms with Gasteiger partial charge in [0.05, 0.1) is 11.3 Å². The van der Waals surface area contributed by atoms with E-state index in [9.17, 15) is 26.4 Å².